The summed E-state index contributed by atoms with van der Waals surface area (Å²) in [5, 5.41) is 8.97. The third-order valence-electron chi connectivity index (χ3n) is 3.06. The van der Waals surface area contributed by atoms with Crippen LogP contribution < -0.4 is 4.74 Å². The first kappa shape index (κ1) is 15.5. The lowest BCUT2D eigenvalue weighted by Crippen LogP contribution is -2.16. The molecule has 0 atom stereocenters. The van der Waals surface area contributed by atoms with Crippen LogP contribution in [-0.4, -0.2) is 17.7 Å². The van der Waals surface area contributed by atoms with Crippen molar-refractivity contribution in [2.45, 2.75) is 52.9 Å². The van der Waals surface area contributed by atoms with Crippen LogP contribution in [0, 0.1) is 0 Å². The fourth-order valence-corrected chi connectivity index (χ4v) is 2.17. The summed E-state index contributed by atoms with van der Waals surface area (Å²) in [4.78, 5) is 10.9. The van der Waals surface area contributed by atoms with E-state index < -0.39 is 5.97 Å². The monoisotopic (exact) mass is 264 g/mol. The van der Waals surface area contributed by atoms with Gasteiger partial charge in [0.2, 0.25) is 0 Å². The van der Waals surface area contributed by atoms with Crippen molar-refractivity contribution in [3.8, 4) is 5.75 Å². The number of carboxylic acids is 1. The number of hydrogen-bond acceptors (Lipinski definition) is 2. The molecule has 0 aliphatic heterocycles. The minimum absolute atomic E-state index is 0.0580. The van der Waals surface area contributed by atoms with Crippen LogP contribution in [0.25, 0.3) is 0 Å². The summed E-state index contributed by atoms with van der Waals surface area (Å²) in [7, 11) is 0. The summed E-state index contributed by atoms with van der Waals surface area (Å²) in [5.41, 5.74) is 2.95. The maximum Gasteiger partial charge on any atom is 0.307 e. The molecule has 19 heavy (non-hydrogen) atoms. The Labute approximate surface area is 115 Å². The zero-order valence-corrected chi connectivity index (χ0v) is 12.5. The van der Waals surface area contributed by atoms with Crippen LogP contribution in [0.1, 0.15) is 51.3 Å². The molecule has 0 unspecified atom stereocenters. The second-order valence-corrected chi connectivity index (χ2v) is 5.74. The predicted molar refractivity (Wildman–Crippen MR) is 77.0 cm³/mol. The van der Waals surface area contributed by atoms with Gasteiger partial charge in [0.25, 0.3) is 0 Å². The molecule has 0 aliphatic rings. The van der Waals surface area contributed by atoms with Crippen LogP contribution >= 0.6 is 0 Å². The van der Waals surface area contributed by atoms with Gasteiger partial charge in [0, 0.05) is 5.56 Å². The molecular weight excluding hydrogens is 240 g/mol. The van der Waals surface area contributed by atoms with Crippen LogP contribution in [-0.2, 0) is 23.1 Å². The van der Waals surface area contributed by atoms with Crippen molar-refractivity contribution >= 4 is 5.97 Å². The highest BCUT2D eigenvalue weighted by molar-refractivity contribution is 5.70. The fourth-order valence-electron chi connectivity index (χ4n) is 2.17. The number of aryl methyl sites for hydroxylation is 1. The maximum absolute atomic E-state index is 10.9. The number of hydrogen-bond donors (Lipinski definition) is 1. The maximum atomic E-state index is 10.9. The zero-order valence-electron chi connectivity index (χ0n) is 12.5. The van der Waals surface area contributed by atoms with Gasteiger partial charge in [0.15, 0.2) is 0 Å². The summed E-state index contributed by atoms with van der Waals surface area (Å²) >= 11 is 0. The summed E-state index contributed by atoms with van der Waals surface area (Å²) in [6, 6.07) is 3.92. The summed E-state index contributed by atoms with van der Waals surface area (Å²) in [6.07, 6.45) is 0.897. The minimum Gasteiger partial charge on any atom is -0.493 e. The number of ether oxygens (including phenoxy) is 1. The minimum atomic E-state index is -0.800. The normalized spacial score (nSPS) is 11.4. The van der Waals surface area contributed by atoms with Crippen molar-refractivity contribution in [3.63, 3.8) is 0 Å². The summed E-state index contributed by atoms with van der Waals surface area (Å²) < 4.78 is 5.80. The Morgan fingerprint density at radius 3 is 2.32 bits per heavy atom. The Kier molecular flexibility index (Phi) is 4.98. The average Bonchev–Trinajstić information content (AvgIpc) is 2.28. The Morgan fingerprint density at radius 2 is 1.89 bits per heavy atom. The first-order chi connectivity index (χ1) is 8.79. The van der Waals surface area contributed by atoms with Gasteiger partial charge >= 0.3 is 5.97 Å². The van der Waals surface area contributed by atoms with E-state index in [0.717, 1.165) is 28.9 Å². The third kappa shape index (κ3) is 3.98. The second kappa shape index (κ2) is 6.09. The van der Waals surface area contributed by atoms with Gasteiger partial charge in [-0.2, -0.15) is 0 Å². The summed E-state index contributed by atoms with van der Waals surface area (Å²) in [5.74, 6) is 0.123. The topological polar surface area (TPSA) is 46.5 Å². The van der Waals surface area contributed by atoms with Gasteiger partial charge in [-0.25, -0.2) is 0 Å². The molecule has 0 saturated heterocycles. The van der Waals surface area contributed by atoms with Gasteiger partial charge < -0.3 is 9.84 Å². The molecule has 1 aromatic carbocycles. The van der Waals surface area contributed by atoms with Crippen molar-refractivity contribution in [3.05, 3.63) is 28.8 Å². The van der Waals surface area contributed by atoms with Crippen LogP contribution in [0.5, 0.6) is 5.75 Å². The molecule has 1 aromatic rings. The molecule has 0 fully saturated rings. The van der Waals surface area contributed by atoms with Gasteiger partial charge in [0.1, 0.15) is 5.75 Å². The number of carboxylic acid groups (broad SMARTS) is 1. The number of rotatable bonds is 5. The van der Waals surface area contributed by atoms with Crippen molar-refractivity contribution in [2.24, 2.45) is 0 Å². The Hall–Kier alpha value is -1.51. The molecule has 0 radical (unpaired) electrons. The van der Waals surface area contributed by atoms with Crippen LogP contribution in [0.15, 0.2) is 12.1 Å². The van der Waals surface area contributed by atoms with E-state index in [9.17, 15) is 4.79 Å². The Bertz CT molecular complexity index is 456. The molecule has 1 N–H and O–H groups in total. The van der Waals surface area contributed by atoms with Gasteiger partial charge in [-0.15, -0.1) is 0 Å². The van der Waals surface area contributed by atoms with Crippen molar-refractivity contribution < 1.29 is 14.6 Å². The average molecular weight is 264 g/mol. The quantitative estimate of drug-likeness (QED) is 0.884. The molecule has 106 valence electrons. The fraction of sp³-hybridized carbons (Fsp3) is 0.562. The molecule has 0 bridgehead atoms. The van der Waals surface area contributed by atoms with E-state index in [0.29, 0.717) is 6.61 Å². The highest BCUT2D eigenvalue weighted by Crippen LogP contribution is 2.36. The van der Waals surface area contributed by atoms with Gasteiger partial charge in [0.05, 0.1) is 13.0 Å². The molecule has 0 spiro atoms. The molecule has 0 aromatic heterocycles. The van der Waals surface area contributed by atoms with Crippen molar-refractivity contribution in [2.75, 3.05) is 6.61 Å². The standard InChI is InChI=1S/C16H24O3/c1-6-12-8-11(10-14(17)18)9-13(16(3,4)5)15(12)19-7-2/h8-9H,6-7,10H2,1-5H3,(H,17,18). The zero-order chi connectivity index (χ0) is 14.6. The lowest BCUT2D eigenvalue weighted by atomic mass is 9.83. The largest absolute Gasteiger partial charge is 0.493 e. The number of carbonyl (C=O) groups is 1. The molecule has 0 heterocycles. The highest BCUT2D eigenvalue weighted by atomic mass is 16.5. The Morgan fingerprint density at radius 1 is 1.26 bits per heavy atom. The van der Waals surface area contributed by atoms with Crippen molar-refractivity contribution in [1.29, 1.82) is 0 Å². The van der Waals surface area contributed by atoms with Gasteiger partial charge in [-0.1, -0.05) is 39.8 Å². The van der Waals surface area contributed by atoms with Crippen LogP contribution in [0.3, 0.4) is 0 Å². The van der Waals surface area contributed by atoms with E-state index in [1.54, 1.807) is 0 Å². The van der Waals surface area contributed by atoms with Gasteiger partial charge in [-0.05, 0) is 29.9 Å². The summed E-state index contributed by atoms with van der Waals surface area (Å²) in [6.45, 7) is 11.0. The molecule has 0 amide bonds. The lowest BCUT2D eigenvalue weighted by molar-refractivity contribution is -0.136. The second-order valence-electron chi connectivity index (χ2n) is 5.74. The highest BCUT2D eigenvalue weighted by Gasteiger charge is 2.22. The number of benzene rings is 1. The third-order valence-corrected chi connectivity index (χ3v) is 3.06. The molecule has 0 aliphatic carbocycles. The van der Waals surface area contributed by atoms with Crippen molar-refractivity contribution in [1.82, 2.24) is 0 Å². The van der Waals surface area contributed by atoms with E-state index in [1.165, 1.54) is 0 Å². The number of aliphatic carboxylic acids is 1. The smallest absolute Gasteiger partial charge is 0.307 e. The first-order valence-electron chi connectivity index (χ1n) is 6.80. The molecular formula is C16H24O3. The molecule has 1 rings (SSSR count). The Balaban J connectivity index is 3.40. The first-order valence-corrected chi connectivity index (χ1v) is 6.80. The van der Waals surface area contributed by atoms with Gasteiger partial charge in [-0.3, -0.25) is 4.79 Å². The van der Waals surface area contributed by atoms with E-state index >= 15 is 0 Å². The van der Waals surface area contributed by atoms with E-state index in [1.807, 2.05) is 19.1 Å². The molecule has 0 saturated carbocycles. The molecule has 3 nitrogen and oxygen atoms in total. The van der Waals surface area contributed by atoms with E-state index in [2.05, 4.69) is 27.7 Å². The van der Waals surface area contributed by atoms with E-state index in [-0.39, 0.29) is 11.8 Å². The SMILES string of the molecule is CCOc1c(CC)cc(CC(=O)O)cc1C(C)(C)C. The van der Waals surface area contributed by atoms with Crippen LogP contribution in [0.4, 0.5) is 0 Å². The van der Waals surface area contributed by atoms with E-state index in [4.69, 9.17) is 9.84 Å². The lowest BCUT2D eigenvalue weighted by Gasteiger charge is -2.25. The molecule has 3 heteroatoms. The van der Waals surface area contributed by atoms with Crippen LogP contribution in [0.2, 0.25) is 0 Å². The predicted octanol–water partition coefficient (Wildman–Crippen LogP) is 3.57.